The Balaban J connectivity index is 1.80. The minimum atomic E-state index is -0.273. The van der Waals surface area contributed by atoms with Gasteiger partial charge in [0.25, 0.3) is 0 Å². The number of ketones is 1. The Kier molecular flexibility index (Phi) is 6.66. The molecule has 0 aliphatic heterocycles. The Morgan fingerprint density at radius 1 is 0.929 bits per heavy atom. The first-order valence-electron chi connectivity index (χ1n) is 10.4. The number of rotatable bonds is 6. The third kappa shape index (κ3) is 4.52. The van der Waals surface area contributed by atoms with Crippen LogP contribution in [0.3, 0.4) is 0 Å². The maximum atomic E-state index is 13.1. The molecule has 0 aromatic heterocycles. The first-order chi connectivity index (χ1) is 13.5. The molecule has 3 nitrogen and oxygen atoms in total. The van der Waals surface area contributed by atoms with E-state index >= 15 is 0 Å². The Morgan fingerprint density at radius 2 is 1.54 bits per heavy atom. The summed E-state index contributed by atoms with van der Waals surface area (Å²) in [5.41, 5.74) is 5.72. The van der Waals surface area contributed by atoms with E-state index < -0.39 is 0 Å². The normalized spacial score (nSPS) is 19.2. The molecule has 0 bridgehead atoms. The average Bonchev–Trinajstić information content (AvgIpc) is 2.71. The van der Waals surface area contributed by atoms with Gasteiger partial charge >= 0.3 is 5.97 Å². The predicted molar refractivity (Wildman–Crippen MR) is 112 cm³/mol. The van der Waals surface area contributed by atoms with Crippen molar-refractivity contribution < 1.29 is 14.3 Å². The van der Waals surface area contributed by atoms with E-state index in [1.54, 1.807) is 0 Å². The lowest BCUT2D eigenvalue weighted by atomic mass is 9.75. The lowest BCUT2D eigenvalue weighted by Crippen LogP contribution is -2.35. The molecular formula is C25H30O3. The van der Waals surface area contributed by atoms with Crippen molar-refractivity contribution in [2.75, 3.05) is 6.61 Å². The van der Waals surface area contributed by atoms with E-state index in [0.717, 1.165) is 42.4 Å². The Morgan fingerprint density at radius 3 is 2.14 bits per heavy atom. The molecule has 1 fully saturated rings. The molecule has 2 aromatic rings. The monoisotopic (exact) mass is 378 g/mol. The van der Waals surface area contributed by atoms with Crippen LogP contribution in [0.4, 0.5) is 0 Å². The zero-order valence-electron chi connectivity index (χ0n) is 17.2. The van der Waals surface area contributed by atoms with Crippen LogP contribution in [0.2, 0.25) is 0 Å². The quantitative estimate of drug-likeness (QED) is 0.628. The van der Waals surface area contributed by atoms with Crippen molar-refractivity contribution in [3.8, 4) is 11.1 Å². The van der Waals surface area contributed by atoms with Crippen LogP contribution in [-0.2, 0) is 20.7 Å². The van der Waals surface area contributed by atoms with Crippen molar-refractivity contribution in [1.29, 1.82) is 0 Å². The van der Waals surface area contributed by atoms with Crippen LogP contribution in [0.1, 0.15) is 49.3 Å². The molecule has 0 amide bonds. The highest BCUT2D eigenvalue weighted by molar-refractivity contribution is 5.89. The van der Waals surface area contributed by atoms with Crippen LogP contribution in [-0.4, -0.2) is 18.4 Å². The lowest BCUT2D eigenvalue weighted by molar-refractivity contribution is -0.153. The van der Waals surface area contributed by atoms with Gasteiger partial charge in [0.05, 0.1) is 12.5 Å². The van der Waals surface area contributed by atoms with Gasteiger partial charge in [0.1, 0.15) is 5.78 Å². The summed E-state index contributed by atoms with van der Waals surface area (Å²) in [7, 11) is 0. The summed E-state index contributed by atoms with van der Waals surface area (Å²) in [6.07, 6.45) is 3.96. The number of hydrogen-bond acceptors (Lipinski definition) is 3. The average molecular weight is 379 g/mol. The summed E-state index contributed by atoms with van der Waals surface area (Å²) in [5.74, 6) is -0.504. The Bertz CT molecular complexity index is 815. The van der Waals surface area contributed by atoms with Gasteiger partial charge in [-0.05, 0) is 61.4 Å². The smallest absolute Gasteiger partial charge is 0.309 e. The number of aryl methyl sites for hydroxylation is 2. The van der Waals surface area contributed by atoms with Crippen LogP contribution in [0.15, 0.2) is 42.5 Å². The van der Waals surface area contributed by atoms with E-state index in [1.807, 2.05) is 25.1 Å². The summed E-state index contributed by atoms with van der Waals surface area (Å²) in [6.45, 7) is 6.34. The van der Waals surface area contributed by atoms with Gasteiger partial charge < -0.3 is 4.74 Å². The largest absolute Gasteiger partial charge is 0.466 e. The van der Waals surface area contributed by atoms with Gasteiger partial charge in [0.15, 0.2) is 0 Å². The van der Waals surface area contributed by atoms with Crippen LogP contribution in [0, 0.1) is 25.7 Å². The van der Waals surface area contributed by atoms with Crippen molar-refractivity contribution in [1.82, 2.24) is 0 Å². The zero-order valence-corrected chi connectivity index (χ0v) is 17.2. The SMILES string of the molecule is CCOC(=O)C1CCCCC1C(=O)Cc1c(C)cc(-c2ccccc2)cc1C. The molecule has 2 aromatic carbocycles. The molecule has 2 atom stereocenters. The summed E-state index contributed by atoms with van der Waals surface area (Å²) in [4.78, 5) is 25.5. The van der Waals surface area contributed by atoms with Gasteiger partial charge in [-0.25, -0.2) is 0 Å². The number of esters is 1. The molecule has 0 spiro atoms. The molecular weight excluding hydrogens is 348 g/mol. The van der Waals surface area contributed by atoms with Gasteiger partial charge in [-0.2, -0.15) is 0 Å². The fraction of sp³-hybridized carbons (Fsp3) is 0.440. The van der Waals surface area contributed by atoms with Gasteiger partial charge in [-0.1, -0.05) is 55.3 Å². The maximum Gasteiger partial charge on any atom is 0.309 e. The molecule has 3 heteroatoms. The third-order valence-corrected chi connectivity index (χ3v) is 5.92. The lowest BCUT2D eigenvalue weighted by Gasteiger charge is -2.29. The standard InChI is InChI=1S/C25H30O3/c1-4-28-25(27)22-13-9-8-12-21(22)24(26)16-23-17(2)14-20(15-18(23)3)19-10-6-5-7-11-19/h5-7,10-11,14-15,21-22H,4,8-9,12-13,16H2,1-3H3. The number of hydrogen-bond donors (Lipinski definition) is 0. The van der Waals surface area contributed by atoms with Crippen molar-refractivity contribution in [3.05, 3.63) is 59.2 Å². The number of benzene rings is 2. The van der Waals surface area contributed by atoms with Gasteiger partial charge in [-0.15, -0.1) is 0 Å². The summed E-state index contributed by atoms with van der Waals surface area (Å²) >= 11 is 0. The highest BCUT2D eigenvalue weighted by Crippen LogP contribution is 2.34. The highest BCUT2D eigenvalue weighted by Gasteiger charge is 2.36. The fourth-order valence-electron chi connectivity index (χ4n) is 4.42. The Hall–Kier alpha value is -2.42. The molecule has 0 radical (unpaired) electrons. The van der Waals surface area contributed by atoms with E-state index in [2.05, 4.69) is 38.1 Å². The second-order valence-corrected chi connectivity index (χ2v) is 7.85. The molecule has 1 aliphatic rings. The van der Waals surface area contributed by atoms with Crippen LogP contribution in [0.25, 0.3) is 11.1 Å². The summed E-state index contributed by atoms with van der Waals surface area (Å²) in [6, 6.07) is 14.6. The second-order valence-electron chi connectivity index (χ2n) is 7.85. The molecule has 148 valence electrons. The van der Waals surface area contributed by atoms with E-state index in [9.17, 15) is 9.59 Å². The molecule has 1 aliphatic carbocycles. The van der Waals surface area contributed by atoms with E-state index in [1.165, 1.54) is 11.1 Å². The highest BCUT2D eigenvalue weighted by atomic mass is 16.5. The molecule has 0 saturated heterocycles. The van der Waals surface area contributed by atoms with Gasteiger partial charge in [-0.3, -0.25) is 9.59 Å². The van der Waals surface area contributed by atoms with Crippen molar-refractivity contribution in [2.24, 2.45) is 11.8 Å². The molecule has 28 heavy (non-hydrogen) atoms. The van der Waals surface area contributed by atoms with Crippen LogP contribution < -0.4 is 0 Å². The molecule has 3 rings (SSSR count). The number of Topliss-reactive ketones (excluding diaryl/α,β-unsaturated/α-hetero) is 1. The number of carbonyl (C=O) groups is 2. The van der Waals surface area contributed by atoms with Crippen LogP contribution >= 0.6 is 0 Å². The third-order valence-electron chi connectivity index (χ3n) is 5.92. The predicted octanol–water partition coefficient (Wildman–Crippen LogP) is 5.45. The number of ether oxygens (including phenoxy) is 1. The number of carbonyl (C=O) groups excluding carboxylic acids is 2. The van der Waals surface area contributed by atoms with Crippen molar-refractivity contribution in [2.45, 2.75) is 52.9 Å². The van der Waals surface area contributed by atoms with Crippen molar-refractivity contribution >= 4 is 11.8 Å². The van der Waals surface area contributed by atoms with E-state index in [0.29, 0.717) is 13.0 Å². The summed E-state index contributed by atoms with van der Waals surface area (Å²) in [5, 5.41) is 0. The van der Waals surface area contributed by atoms with Gasteiger partial charge in [0.2, 0.25) is 0 Å². The van der Waals surface area contributed by atoms with Crippen molar-refractivity contribution in [3.63, 3.8) is 0 Å². The first-order valence-corrected chi connectivity index (χ1v) is 10.4. The molecule has 0 N–H and O–H groups in total. The first kappa shape index (κ1) is 20.3. The van der Waals surface area contributed by atoms with Gasteiger partial charge in [0, 0.05) is 12.3 Å². The summed E-state index contributed by atoms with van der Waals surface area (Å²) < 4.78 is 5.23. The van der Waals surface area contributed by atoms with E-state index in [4.69, 9.17) is 4.74 Å². The fourth-order valence-corrected chi connectivity index (χ4v) is 4.42. The minimum Gasteiger partial charge on any atom is -0.466 e. The maximum absolute atomic E-state index is 13.1. The Labute approximate surface area is 168 Å². The van der Waals surface area contributed by atoms with Crippen LogP contribution in [0.5, 0.6) is 0 Å². The second kappa shape index (κ2) is 9.18. The zero-order chi connectivity index (χ0) is 20.1. The molecule has 2 unspecified atom stereocenters. The topological polar surface area (TPSA) is 43.4 Å². The molecule has 1 saturated carbocycles. The molecule has 0 heterocycles. The minimum absolute atomic E-state index is 0.177. The van der Waals surface area contributed by atoms with E-state index in [-0.39, 0.29) is 23.6 Å².